The molecule has 0 atom stereocenters. The third-order valence-electron chi connectivity index (χ3n) is 3.12. The number of rotatable bonds is 3. The van der Waals surface area contributed by atoms with Gasteiger partial charge in [0.2, 0.25) is 15.5 Å². The minimum absolute atomic E-state index is 0.143. The van der Waals surface area contributed by atoms with Gasteiger partial charge < -0.3 is 0 Å². The molecule has 0 aromatic rings. The summed E-state index contributed by atoms with van der Waals surface area (Å²) in [5, 5.41) is 0. The zero-order chi connectivity index (χ0) is 9.91. The zero-order valence-electron chi connectivity index (χ0n) is 6.76. The van der Waals surface area contributed by atoms with Crippen molar-refractivity contribution < 1.29 is 17.2 Å². The summed E-state index contributed by atoms with van der Waals surface area (Å²) in [6.07, 6.45) is -1.34. The first-order valence-electron chi connectivity index (χ1n) is 3.98. The van der Waals surface area contributed by atoms with Crippen LogP contribution in [0.15, 0.2) is 0 Å². The smallest absolute Gasteiger partial charge is 0.212 e. The van der Waals surface area contributed by atoms with Crippen molar-refractivity contribution in [3.63, 3.8) is 0 Å². The second kappa shape index (κ2) is 2.37. The van der Waals surface area contributed by atoms with Crippen LogP contribution in [0.3, 0.4) is 0 Å². The van der Waals surface area contributed by atoms with Crippen LogP contribution >= 0.6 is 10.7 Å². The molecule has 0 spiro atoms. The molecule has 0 aromatic carbocycles. The molecular weight excluding hydrogens is 222 g/mol. The fourth-order valence-corrected chi connectivity index (χ4v) is 4.57. The van der Waals surface area contributed by atoms with E-state index >= 15 is 0 Å². The van der Waals surface area contributed by atoms with Crippen LogP contribution in [-0.4, -0.2) is 20.6 Å². The molecule has 2 nitrogen and oxygen atoms in total. The van der Waals surface area contributed by atoms with Gasteiger partial charge >= 0.3 is 0 Å². The molecule has 0 unspecified atom stereocenters. The Morgan fingerprint density at radius 1 is 1.31 bits per heavy atom. The van der Waals surface area contributed by atoms with E-state index in [0.29, 0.717) is 19.3 Å². The second-order valence-electron chi connectivity index (χ2n) is 4.38. The molecule has 13 heavy (non-hydrogen) atoms. The van der Waals surface area contributed by atoms with Crippen LogP contribution in [0.1, 0.15) is 19.3 Å². The lowest BCUT2D eigenvalue weighted by atomic mass is 9.36. The lowest BCUT2D eigenvalue weighted by Gasteiger charge is -2.69. The van der Waals surface area contributed by atoms with E-state index in [4.69, 9.17) is 10.7 Å². The lowest BCUT2D eigenvalue weighted by molar-refractivity contribution is -0.255. The van der Waals surface area contributed by atoms with E-state index in [9.17, 15) is 17.2 Å². The molecule has 0 aliphatic heterocycles. The second-order valence-corrected chi connectivity index (χ2v) is 7.15. The third kappa shape index (κ3) is 1.36. The first kappa shape index (κ1) is 9.65. The molecule has 0 saturated heterocycles. The highest BCUT2D eigenvalue weighted by Gasteiger charge is 2.72. The summed E-state index contributed by atoms with van der Waals surface area (Å²) >= 11 is 0. The Morgan fingerprint density at radius 2 is 1.77 bits per heavy atom. The summed E-state index contributed by atoms with van der Waals surface area (Å²) in [4.78, 5) is 0. The maximum absolute atomic E-state index is 12.3. The molecule has 3 aliphatic rings. The van der Waals surface area contributed by atoms with Crippen molar-refractivity contribution in [3.8, 4) is 0 Å². The van der Waals surface area contributed by atoms with Crippen LogP contribution in [0.2, 0.25) is 0 Å². The zero-order valence-corrected chi connectivity index (χ0v) is 8.34. The van der Waals surface area contributed by atoms with Crippen LogP contribution in [0.5, 0.6) is 0 Å². The molecule has 3 fully saturated rings. The number of hydrogen-bond donors (Lipinski definition) is 0. The van der Waals surface area contributed by atoms with E-state index in [1.165, 1.54) is 0 Å². The largest absolute Gasteiger partial charge is 0.244 e. The van der Waals surface area contributed by atoms with Crippen LogP contribution < -0.4 is 0 Å². The summed E-state index contributed by atoms with van der Waals surface area (Å²) in [5.74, 6) is -0.143. The van der Waals surface area contributed by atoms with Crippen molar-refractivity contribution in [2.24, 2.45) is 10.8 Å². The fourth-order valence-electron chi connectivity index (χ4n) is 2.84. The number of hydrogen-bond acceptors (Lipinski definition) is 2. The highest BCUT2D eigenvalue weighted by molar-refractivity contribution is 8.13. The van der Waals surface area contributed by atoms with Crippen LogP contribution in [0, 0.1) is 10.8 Å². The van der Waals surface area contributed by atoms with Crippen LogP contribution in [0.4, 0.5) is 8.78 Å². The molecule has 0 N–H and O–H groups in total. The lowest BCUT2D eigenvalue weighted by Crippen LogP contribution is -2.67. The van der Waals surface area contributed by atoms with Gasteiger partial charge in [0, 0.05) is 16.1 Å². The van der Waals surface area contributed by atoms with Crippen molar-refractivity contribution in [2.45, 2.75) is 25.7 Å². The summed E-state index contributed by atoms with van der Waals surface area (Å²) in [6, 6.07) is 0. The van der Waals surface area contributed by atoms with Gasteiger partial charge in [-0.3, -0.25) is 0 Å². The van der Waals surface area contributed by atoms with Crippen molar-refractivity contribution in [3.05, 3.63) is 0 Å². The predicted molar refractivity (Wildman–Crippen MR) is 44.4 cm³/mol. The van der Waals surface area contributed by atoms with E-state index in [1.54, 1.807) is 0 Å². The quantitative estimate of drug-likeness (QED) is 0.695. The molecule has 0 aromatic heterocycles. The average Bonchev–Trinajstić information content (AvgIpc) is 1.71. The van der Waals surface area contributed by atoms with Gasteiger partial charge in [-0.25, -0.2) is 17.2 Å². The van der Waals surface area contributed by atoms with E-state index in [-0.39, 0.29) is 5.75 Å². The minimum Gasteiger partial charge on any atom is -0.212 e. The van der Waals surface area contributed by atoms with E-state index in [2.05, 4.69) is 0 Å². The summed E-state index contributed by atoms with van der Waals surface area (Å²) < 4.78 is 46.1. The normalized spacial score (nSPS) is 42.8. The van der Waals surface area contributed by atoms with Crippen molar-refractivity contribution in [2.75, 3.05) is 5.75 Å². The molecule has 3 saturated carbocycles. The molecule has 0 amide bonds. The molecular formula is C7H9ClF2O2S. The topological polar surface area (TPSA) is 34.1 Å². The van der Waals surface area contributed by atoms with Gasteiger partial charge in [0.1, 0.15) is 0 Å². The number of alkyl halides is 2. The third-order valence-corrected chi connectivity index (χ3v) is 4.41. The van der Waals surface area contributed by atoms with Crippen LogP contribution in [-0.2, 0) is 9.05 Å². The van der Waals surface area contributed by atoms with E-state index < -0.39 is 26.3 Å². The van der Waals surface area contributed by atoms with Gasteiger partial charge in [-0.1, -0.05) is 0 Å². The Balaban J connectivity index is 1.98. The van der Waals surface area contributed by atoms with Gasteiger partial charge in [0.05, 0.1) is 5.75 Å². The standard InChI is InChI=1S/C7H9ClF2O2S/c8-13(11,12)4-6-1-7(2-6,3-6)5(9)10/h5H,1-4H2. The average molecular weight is 231 g/mol. The molecule has 0 heterocycles. The molecule has 2 bridgehead atoms. The molecule has 0 radical (unpaired) electrons. The minimum atomic E-state index is -3.53. The van der Waals surface area contributed by atoms with E-state index in [0.717, 1.165) is 0 Å². The van der Waals surface area contributed by atoms with Gasteiger partial charge in [-0.2, -0.15) is 0 Å². The van der Waals surface area contributed by atoms with Gasteiger partial charge in [0.25, 0.3) is 0 Å². The molecule has 76 valence electrons. The Kier molecular flexibility index (Phi) is 1.76. The Hall–Kier alpha value is 0.1000. The van der Waals surface area contributed by atoms with Crippen molar-refractivity contribution in [1.82, 2.24) is 0 Å². The van der Waals surface area contributed by atoms with Gasteiger partial charge in [-0.15, -0.1) is 0 Å². The molecule has 3 rings (SSSR count). The number of halogens is 3. The Morgan fingerprint density at radius 3 is 2.08 bits per heavy atom. The maximum Gasteiger partial charge on any atom is 0.244 e. The molecule has 6 heteroatoms. The van der Waals surface area contributed by atoms with Gasteiger partial charge in [0.15, 0.2) is 0 Å². The maximum atomic E-state index is 12.3. The fraction of sp³-hybridized carbons (Fsp3) is 1.00. The summed E-state index contributed by atoms with van der Waals surface area (Å²) in [5.41, 5.74) is -1.27. The Labute approximate surface area is 79.7 Å². The molecule has 3 aliphatic carbocycles. The summed E-state index contributed by atoms with van der Waals surface area (Å²) in [6.45, 7) is 0. The summed E-state index contributed by atoms with van der Waals surface area (Å²) in [7, 11) is 1.53. The van der Waals surface area contributed by atoms with Gasteiger partial charge in [-0.05, 0) is 24.7 Å². The van der Waals surface area contributed by atoms with Crippen LogP contribution in [0.25, 0.3) is 0 Å². The highest BCUT2D eigenvalue weighted by Crippen LogP contribution is 2.75. The van der Waals surface area contributed by atoms with Crippen molar-refractivity contribution in [1.29, 1.82) is 0 Å². The SMILES string of the molecule is O=S(=O)(Cl)CC12CC(C(F)F)(C1)C2. The highest BCUT2D eigenvalue weighted by atomic mass is 35.7. The Bertz CT molecular complexity index is 319. The van der Waals surface area contributed by atoms with E-state index in [1.807, 2.05) is 0 Å². The first-order chi connectivity index (χ1) is 5.77. The first-order valence-corrected chi connectivity index (χ1v) is 6.45. The predicted octanol–water partition coefficient (Wildman–Crippen LogP) is 1.99. The van der Waals surface area contributed by atoms with Crippen molar-refractivity contribution >= 4 is 19.7 Å². The monoisotopic (exact) mass is 230 g/mol.